The zero-order valence-corrected chi connectivity index (χ0v) is 18.8. The molecule has 1 saturated carbocycles. The quantitative estimate of drug-likeness (QED) is 0.791. The topological polar surface area (TPSA) is 80.8 Å². The highest BCUT2D eigenvalue weighted by Gasteiger charge is 2.61. The molecular formula is C24H31N3O4. The van der Waals surface area contributed by atoms with E-state index in [2.05, 4.69) is 10.3 Å². The van der Waals surface area contributed by atoms with Gasteiger partial charge in [0.1, 0.15) is 12.2 Å². The summed E-state index contributed by atoms with van der Waals surface area (Å²) in [6.07, 6.45) is 1.43. The summed E-state index contributed by atoms with van der Waals surface area (Å²) < 4.78 is 11.4. The number of nitrogens with zero attached hydrogens (tertiary/aromatic N) is 2. The lowest BCUT2D eigenvalue weighted by molar-refractivity contribution is -0.125. The predicted octanol–water partition coefficient (Wildman–Crippen LogP) is 3.62. The van der Waals surface area contributed by atoms with Gasteiger partial charge in [-0.3, -0.25) is 4.79 Å². The molecule has 0 radical (unpaired) electrons. The molecule has 1 N–H and O–H groups in total. The second-order valence-corrected chi connectivity index (χ2v) is 10.2. The number of amides is 2. The summed E-state index contributed by atoms with van der Waals surface area (Å²) in [5, 5.41) is 5.14. The third-order valence-corrected chi connectivity index (χ3v) is 5.82. The van der Waals surface area contributed by atoms with Crippen LogP contribution in [0.2, 0.25) is 0 Å². The number of hydrogen-bond acceptors (Lipinski definition) is 5. The van der Waals surface area contributed by atoms with Crippen LogP contribution in [0.25, 0.3) is 10.8 Å². The van der Waals surface area contributed by atoms with Crippen molar-refractivity contribution >= 4 is 22.8 Å². The van der Waals surface area contributed by atoms with Gasteiger partial charge in [0.25, 0.3) is 0 Å². The number of nitrogens with one attached hydrogen (secondary N) is 1. The van der Waals surface area contributed by atoms with Crippen molar-refractivity contribution < 1.29 is 19.1 Å². The SMILES string of the molecule is CC(C)(COc1nccc2ccccc12)NC(=O)C1[C@H]2CN(C(=O)OC(C)(C)C)C[C@@H]12. The first-order valence-electron chi connectivity index (χ1n) is 10.8. The first-order chi connectivity index (χ1) is 14.5. The minimum Gasteiger partial charge on any atom is -0.475 e. The molecule has 2 fully saturated rings. The largest absolute Gasteiger partial charge is 0.475 e. The van der Waals surface area contributed by atoms with E-state index in [1.54, 1.807) is 11.1 Å². The van der Waals surface area contributed by atoms with Gasteiger partial charge in [-0.15, -0.1) is 0 Å². The molecule has 1 unspecified atom stereocenters. The Morgan fingerprint density at radius 3 is 2.45 bits per heavy atom. The second-order valence-electron chi connectivity index (χ2n) is 10.2. The molecule has 0 bridgehead atoms. The number of hydrogen-bond donors (Lipinski definition) is 1. The first kappa shape index (κ1) is 21.4. The molecule has 1 aliphatic carbocycles. The van der Waals surface area contributed by atoms with Gasteiger partial charge in [0.05, 0.1) is 5.54 Å². The Hall–Kier alpha value is -2.83. The molecule has 1 aliphatic heterocycles. The fraction of sp³-hybridized carbons (Fsp3) is 0.542. The summed E-state index contributed by atoms with van der Waals surface area (Å²) in [7, 11) is 0. The van der Waals surface area contributed by atoms with E-state index in [1.165, 1.54) is 0 Å². The molecule has 7 nitrogen and oxygen atoms in total. The van der Waals surface area contributed by atoms with Crippen LogP contribution in [0.1, 0.15) is 34.6 Å². The zero-order chi connectivity index (χ0) is 22.4. The van der Waals surface area contributed by atoms with Gasteiger partial charge in [-0.05, 0) is 64.0 Å². The van der Waals surface area contributed by atoms with E-state index in [4.69, 9.17) is 9.47 Å². The zero-order valence-electron chi connectivity index (χ0n) is 18.8. The number of benzene rings is 1. The van der Waals surface area contributed by atoms with Gasteiger partial charge in [0, 0.05) is 30.6 Å². The van der Waals surface area contributed by atoms with E-state index in [9.17, 15) is 9.59 Å². The number of fused-ring (bicyclic) bond motifs is 2. The third kappa shape index (κ3) is 4.75. The van der Waals surface area contributed by atoms with Crippen LogP contribution in [-0.4, -0.2) is 52.7 Å². The van der Waals surface area contributed by atoms with Crippen LogP contribution in [0.5, 0.6) is 5.88 Å². The number of piperidine rings is 1. The fourth-order valence-electron chi connectivity index (χ4n) is 4.30. The molecule has 4 rings (SSSR count). The summed E-state index contributed by atoms with van der Waals surface area (Å²) in [4.78, 5) is 31.1. The monoisotopic (exact) mass is 425 g/mol. The average molecular weight is 426 g/mol. The second kappa shape index (κ2) is 7.70. The average Bonchev–Trinajstić information content (AvgIpc) is 3.19. The van der Waals surface area contributed by atoms with Crippen LogP contribution >= 0.6 is 0 Å². The summed E-state index contributed by atoms with van der Waals surface area (Å²) in [5.74, 6) is 0.969. The minimum atomic E-state index is -0.544. The molecule has 1 aromatic heterocycles. The Morgan fingerprint density at radius 1 is 1.10 bits per heavy atom. The van der Waals surface area contributed by atoms with Gasteiger partial charge in [-0.25, -0.2) is 9.78 Å². The molecule has 2 heterocycles. The maximum absolute atomic E-state index is 12.8. The van der Waals surface area contributed by atoms with Crippen LogP contribution in [0.3, 0.4) is 0 Å². The maximum atomic E-state index is 12.8. The van der Waals surface area contributed by atoms with Crippen LogP contribution in [-0.2, 0) is 9.53 Å². The number of carbonyl (C=O) groups is 2. The van der Waals surface area contributed by atoms with Crippen LogP contribution in [0.4, 0.5) is 4.79 Å². The van der Waals surface area contributed by atoms with Crippen LogP contribution in [0, 0.1) is 17.8 Å². The molecule has 1 saturated heterocycles. The number of aromatic nitrogens is 1. The van der Waals surface area contributed by atoms with Crippen LogP contribution < -0.4 is 10.1 Å². The predicted molar refractivity (Wildman–Crippen MR) is 118 cm³/mol. The number of ether oxygens (including phenoxy) is 2. The van der Waals surface area contributed by atoms with Crippen molar-refractivity contribution in [2.24, 2.45) is 17.8 Å². The molecule has 2 amide bonds. The third-order valence-electron chi connectivity index (χ3n) is 5.82. The molecule has 2 aromatic rings. The van der Waals surface area contributed by atoms with E-state index in [0.717, 1.165) is 10.8 Å². The molecule has 166 valence electrons. The Kier molecular flexibility index (Phi) is 5.31. The first-order valence-corrected chi connectivity index (χ1v) is 10.8. The number of pyridine rings is 1. The molecule has 31 heavy (non-hydrogen) atoms. The van der Waals surface area contributed by atoms with Gasteiger partial charge in [-0.1, -0.05) is 18.2 Å². The normalized spacial score (nSPS) is 22.7. The maximum Gasteiger partial charge on any atom is 0.410 e. The van der Waals surface area contributed by atoms with Crippen molar-refractivity contribution in [3.63, 3.8) is 0 Å². The van der Waals surface area contributed by atoms with Gasteiger partial charge in [0.15, 0.2) is 0 Å². The lowest BCUT2D eigenvalue weighted by atomic mass is 10.1. The molecule has 1 aromatic carbocycles. The van der Waals surface area contributed by atoms with Gasteiger partial charge < -0.3 is 19.7 Å². The molecule has 0 spiro atoms. The van der Waals surface area contributed by atoms with Crippen molar-refractivity contribution in [2.45, 2.75) is 45.8 Å². The summed E-state index contributed by atoms with van der Waals surface area (Å²) in [6, 6.07) is 9.87. The van der Waals surface area contributed by atoms with Crippen molar-refractivity contribution in [2.75, 3.05) is 19.7 Å². The highest BCUT2D eigenvalue weighted by molar-refractivity contribution is 5.86. The number of rotatable bonds is 5. The van der Waals surface area contributed by atoms with E-state index < -0.39 is 11.1 Å². The molecule has 7 heteroatoms. The highest BCUT2D eigenvalue weighted by Crippen LogP contribution is 2.52. The van der Waals surface area contributed by atoms with Gasteiger partial charge >= 0.3 is 6.09 Å². The number of carbonyl (C=O) groups excluding carboxylic acids is 2. The number of likely N-dealkylation sites (tertiary alicyclic amines) is 1. The van der Waals surface area contributed by atoms with Gasteiger partial charge in [-0.2, -0.15) is 0 Å². The van der Waals surface area contributed by atoms with Crippen molar-refractivity contribution in [1.82, 2.24) is 15.2 Å². The van der Waals surface area contributed by atoms with E-state index in [-0.39, 0.29) is 29.8 Å². The Balaban J connectivity index is 1.29. The Labute approximate surface area is 183 Å². The van der Waals surface area contributed by atoms with E-state index in [0.29, 0.717) is 25.6 Å². The smallest absolute Gasteiger partial charge is 0.410 e. The van der Waals surface area contributed by atoms with E-state index in [1.807, 2.05) is 65.0 Å². The summed E-state index contributed by atoms with van der Waals surface area (Å²) in [6.45, 7) is 10.9. The van der Waals surface area contributed by atoms with Crippen molar-refractivity contribution in [3.05, 3.63) is 36.5 Å². The molecule has 2 aliphatic rings. The van der Waals surface area contributed by atoms with E-state index >= 15 is 0 Å². The standard InChI is InChI=1S/C24H31N3O4/c1-23(2,3)31-22(29)27-12-17-18(13-27)19(17)20(28)26-24(4,5)14-30-21-16-9-7-6-8-15(16)10-11-25-21/h6-11,17-19H,12-14H2,1-5H3,(H,26,28)/t17-,18+,19?. The molecular weight excluding hydrogens is 394 g/mol. The minimum absolute atomic E-state index is 0.0262. The molecule has 3 atom stereocenters. The Morgan fingerprint density at radius 2 is 1.77 bits per heavy atom. The highest BCUT2D eigenvalue weighted by atomic mass is 16.6. The fourth-order valence-corrected chi connectivity index (χ4v) is 4.30. The lowest BCUT2D eigenvalue weighted by Crippen LogP contribution is -2.49. The van der Waals surface area contributed by atoms with Crippen molar-refractivity contribution in [1.29, 1.82) is 0 Å². The Bertz CT molecular complexity index is 980. The van der Waals surface area contributed by atoms with Crippen LogP contribution in [0.15, 0.2) is 36.5 Å². The summed E-state index contributed by atoms with van der Waals surface area (Å²) >= 11 is 0. The summed E-state index contributed by atoms with van der Waals surface area (Å²) in [5.41, 5.74) is -1.05. The van der Waals surface area contributed by atoms with Crippen molar-refractivity contribution in [3.8, 4) is 5.88 Å². The van der Waals surface area contributed by atoms with Gasteiger partial charge in [0.2, 0.25) is 11.8 Å². The lowest BCUT2D eigenvalue weighted by Gasteiger charge is -2.28.